The van der Waals surface area contributed by atoms with Crippen molar-refractivity contribution < 1.29 is 9.53 Å². The maximum atomic E-state index is 12.1. The smallest absolute Gasteiger partial charge is 0.409 e. The van der Waals surface area contributed by atoms with E-state index in [1.165, 1.54) is 5.56 Å². The summed E-state index contributed by atoms with van der Waals surface area (Å²) in [7, 11) is 0. The van der Waals surface area contributed by atoms with Gasteiger partial charge < -0.3 is 19.9 Å². The molecule has 1 aromatic heterocycles. The lowest BCUT2D eigenvalue weighted by atomic mass is 10.1. The number of nitrogens with one attached hydrogen (secondary N) is 1. The summed E-state index contributed by atoms with van der Waals surface area (Å²) in [5, 5.41) is 5.42. The average molecular weight is 453 g/mol. The minimum Gasteiger partial charge on any atom is -0.450 e. The van der Waals surface area contributed by atoms with Crippen molar-refractivity contribution in [3.8, 4) is 0 Å². The molecular formula is C25H29ClN4O2. The highest BCUT2D eigenvalue weighted by molar-refractivity contribution is 6.31. The molecule has 7 heteroatoms. The van der Waals surface area contributed by atoms with Gasteiger partial charge in [0.2, 0.25) is 0 Å². The van der Waals surface area contributed by atoms with E-state index in [2.05, 4.69) is 41.4 Å². The predicted molar refractivity (Wildman–Crippen MR) is 129 cm³/mol. The number of amides is 1. The quantitative estimate of drug-likeness (QED) is 0.584. The van der Waals surface area contributed by atoms with Crippen molar-refractivity contribution in [2.24, 2.45) is 0 Å². The molecule has 0 spiro atoms. The van der Waals surface area contributed by atoms with Crippen molar-refractivity contribution in [1.29, 1.82) is 0 Å². The molecule has 6 nitrogen and oxygen atoms in total. The molecule has 32 heavy (non-hydrogen) atoms. The van der Waals surface area contributed by atoms with Gasteiger partial charge in [-0.05, 0) is 43.7 Å². The highest BCUT2D eigenvalue weighted by Gasteiger charge is 2.24. The molecule has 1 aliphatic heterocycles. The number of nitrogens with zero attached hydrogens (tertiary/aromatic N) is 3. The molecule has 4 rings (SSSR count). The lowest BCUT2D eigenvalue weighted by Crippen LogP contribution is -2.49. The van der Waals surface area contributed by atoms with E-state index < -0.39 is 0 Å². The largest absolute Gasteiger partial charge is 0.450 e. The fraction of sp³-hybridized carbons (Fsp3) is 0.360. The first-order chi connectivity index (χ1) is 15.5. The molecule has 2 heterocycles. The van der Waals surface area contributed by atoms with E-state index in [4.69, 9.17) is 21.3 Å². The lowest BCUT2D eigenvalue weighted by molar-refractivity contribution is 0.105. The van der Waals surface area contributed by atoms with E-state index in [9.17, 15) is 4.79 Å². The number of carbonyl (C=O) groups is 1. The molecule has 1 saturated heterocycles. The molecule has 2 aromatic carbocycles. The molecule has 1 N–H and O–H groups in total. The highest BCUT2D eigenvalue weighted by Crippen LogP contribution is 2.26. The fourth-order valence-corrected chi connectivity index (χ4v) is 4.23. The van der Waals surface area contributed by atoms with E-state index in [1.54, 1.807) is 4.90 Å². The van der Waals surface area contributed by atoms with E-state index >= 15 is 0 Å². The van der Waals surface area contributed by atoms with E-state index in [-0.39, 0.29) is 6.09 Å². The van der Waals surface area contributed by atoms with Crippen molar-refractivity contribution in [2.45, 2.75) is 26.9 Å². The third kappa shape index (κ3) is 5.14. The molecule has 0 saturated carbocycles. The number of pyridine rings is 1. The van der Waals surface area contributed by atoms with Gasteiger partial charge in [0.1, 0.15) is 5.82 Å². The Morgan fingerprint density at radius 1 is 1.06 bits per heavy atom. The van der Waals surface area contributed by atoms with Crippen LogP contribution >= 0.6 is 11.6 Å². The van der Waals surface area contributed by atoms with Crippen LogP contribution in [0.3, 0.4) is 0 Å². The Balaban J connectivity index is 1.54. The Hall–Kier alpha value is -2.83. The Labute approximate surface area is 194 Å². The normalized spacial score (nSPS) is 14.1. The lowest BCUT2D eigenvalue weighted by Gasteiger charge is -2.35. The van der Waals surface area contributed by atoms with E-state index in [0.717, 1.165) is 46.0 Å². The van der Waals surface area contributed by atoms with Gasteiger partial charge in [-0.3, -0.25) is 0 Å². The van der Waals surface area contributed by atoms with Gasteiger partial charge in [0, 0.05) is 55.2 Å². The number of anilines is 1. The molecule has 0 bridgehead atoms. The van der Waals surface area contributed by atoms with Crippen LogP contribution in [0.4, 0.5) is 10.6 Å². The van der Waals surface area contributed by atoms with Gasteiger partial charge in [-0.1, -0.05) is 41.4 Å². The van der Waals surface area contributed by atoms with Crippen molar-refractivity contribution in [3.05, 3.63) is 70.2 Å². The molecule has 1 aliphatic rings. The minimum atomic E-state index is -0.240. The summed E-state index contributed by atoms with van der Waals surface area (Å²) < 4.78 is 5.15. The molecule has 1 fully saturated rings. The van der Waals surface area contributed by atoms with Crippen LogP contribution in [0.15, 0.2) is 48.5 Å². The zero-order valence-corrected chi connectivity index (χ0v) is 19.4. The summed E-state index contributed by atoms with van der Waals surface area (Å²) in [4.78, 5) is 21.1. The summed E-state index contributed by atoms with van der Waals surface area (Å²) >= 11 is 6.31. The van der Waals surface area contributed by atoms with Crippen LogP contribution in [-0.2, 0) is 17.8 Å². The standard InChI is InChI=1S/C25H29ClN4O2/c1-3-32-25(31)30-12-10-29(11-13-30)24-21(15-20-14-18(2)8-9-23(20)28-24)17-27-16-19-6-4-5-7-22(19)26/h4-9,14-15,27H,3,10-13,16-17H2,1-2H3. The molecule has 0 radical (unpaired) electrons. The van der Waals surface area contributed by atoms with Crippen molar-refractivity contribution >= 4 is 34.4 Å². The van der Waals surface area contributed by atoms with Gasteiger partial charge in [0.25, 0.3) is 0 Å². The molecule has 3 aromatic rings. The van der Waals surface area contributed by atoms with Crippen LogP contribution in [0.25, 0.3) is 10.9 Å². The minimum absolute atomic E-state index is 0.240. The maximum absolute atomic E-state index is 12.1. The van der Waals surface area contributed by atoms with Gasteiger partial charge in [0.05, 0.1) is 12.1 Å². The van der Waals surface area contributed by atoms with Crippen molar-refractivity contribution in [2.75, 3.05) is 37.7 Å². The number of rotatable bonds is 6. The van der Waals surface area contributed by atoms with E-state index in [0.29, 0.717) is 32.8 Å². The number of halogens is 1. The van der Waals surface area contributed by atoms with Crippen LogP contribution in [-0.4, -0.2) is 48.8 Å². The fourth-order valence-electron chi connectivity index (χ4n) is 4.02. The number of aryl methyl sites for hydroxylation is 1. The Bertz CT molecular complexity index is 1100. The van der Waals surface area contributed by atoms with Gasteiger partial charge in [-0.15, -0.1) is 0 Å². The van der Waals surface area contributed by atoms with Crippen LogP contribution < -0.4 is 10.2 Å². The average Bonchev–Trinajstić information content (AvgIpc) is 2.80. The number of aromatic nitrogens is 1. The monoisotopic (exact) mass is 452 g/mol. The highest BCUT2D eigenvalue weighted by atomic mass is 35.5. The second kappa shape index (κ2) is 10.2. The number of hydrogen-bond acceptors (Lipinski definition) is 5. The van der Waals surface area contributed by atoms with Crippen molar-refractivity contribution in [3.63, 3.8) is 0 Å². The summed E-state index contributed by atoms with van der Waals surface area (Å²) in [5.74, 6) is 0.969. The summed E-state index contributed by atoms with van der Waals surface area (Å²) in [6.45, 7) is 8.37. The molecule has 0 atom stereocenters. The van der Waals surface area contributed by atoms with Crippen molar-refractivity contribution in [1.82, 2.24) is 15.2 Å². The van der Waals surface area contributed by atoms with Gasteiger partial charge in [-0.25, -0.2) is 9.78 Å². The van der Waals surface area contributed by atoms with Gasteiger partial charge in [0.15, 0.2) is 0 Å². The molecule has 0 aliphatic carbocycles. The summed E-state index contributed by atoms with van der Waals surface area (Å²) in [6, 6.07) is 16.4. The molecule has 168 valence electrons. The number of ether oxygens (including phenoxy) is 1. The summed E-state index contributed by atoms with van der Waals surface area (Å²) in [6.07, 6.45) is -0.240. The molecule has 1 amide bonds. The zero-order chi connectivity index (χ0) is 22.5. The first-order valence-corrected chi connectivity index (χ1v) is 11.4. The molecule has 0 unspecified atom stereocenters. The van der Waals surface area contributed by atoms with Gasteiger partial charge in [-0.2, -0.15) is 0 Å². The number of piperazine rings is 1. The first kappa shape index (κ1) is 22.4. The predicted octanol–water partition coefficient (Wildman–Crippen LogP) is 4.76. The summed E-state index contributed by atoms with van der Waals surface area (Å²) in [5.41, 5.74) is 4.40. The first-order valence-electron chi connectivity index (χ1n) is 11.1. The second-order valence-electron chi connectivity index (χ2n) is 8.04. The Morgan fingerprint density at radius 2 is 1.81 bits per heavy atom. The number of hydrogen-bond donors (Lipinski definition) is 1. The maximum Gasteiger partial charge on any atom is 0.409 e. The van der Waals surface area contributed by atoms with Crippen LogP contribution in [0.2, 0.25) is 5.02 Å². The second-order valence-corrected chi connectivity index (χ2v) is 8.44. The van der Waals surface area contributed by atoms with E-state index in [1.807, 2.05) is 31.2 Å². The zero-order valence-electron chi connectivity index (χ0n) is 18.6. The van der Waals surface area contributed by atoms with Crippen LogP contribution in [0.5, 0.6) is 0 Å². The number of benzene rings is 2. The van der Waals surface area contributed by atoms with Crippen LogP contribution in [0.1, 0.15) is 23.6 Å². The molecular weight excluding hydrogens is 424 g/mol. The SMILES string of the molecule is CCOC(=O)N1CCN(c2nc3ccc(C)cc3cc2CNCc2ccccc2Cl)CC1. The third-order valence-electron chi connectivity index (χ3n) is 5.72. The third-order valence-corrected chi connectivity index (χ3v) is 6.09. The topological polar surface area (TPSA) is 57.7 Å². The van der Waals surface area contributed by atoms with Gasteiger partial charge >= 0.3 is 6.09 Å². The van der Waals surface area contributed by atoms with Crippen LogP contribution in [0, 0.1) is 6.92 Å². The number of carbonyl (C=O) groups excluding carboxylic acids is 1. The Kier molecular flexibility index (Phi) is 7.12. The Morgan fingerprint density at radius 3 is 2.56 bits per heavy atom. The number of fused-ring (bicyclic) bond motifs is 1.